The van der Waals surface area contributed by atoms with Crippen molar-refractivity contribution in [3.63, 3.8) is 0 Å². The average Bonchev–Trinajstić information content (AvgIpc) is 3.24. The highest BCUT2D eigenvalue weighted by Crippen LogP contribution is 2.33. The fraction of sp³-hybridized carbons (Fsp3) is 0.118. The summed E-state index contributed by atoms with van der Waals surface area (Å²) in [6.45, 7) is 0.221. The monoisotopic (exact) mass is 357 g/mol. The maximum Gasteiger partial charge on any atom is 0.322 e. The van der Waals surface area contributed by atoms with Gasteiger partial charge in [0.2, 0.25) is 12.7 Å². The van der Waals surface area contributed by atoms with Crippen molar-refractivity contribution in [3.8, 4) is 11.5 Å². The molecule has 1 aliphatic heterocycles. The van der Waals surface area contributed by atoms with Gasteiger partial charge in [-0.3, -0.25) is 10.1 Å². The van der Waals surface area contributed by atoms with Gasteiger partial charge in [0.05, 0.1) is 6.42 Å². The molecule has 4 rings (SSSR count). The molecule has 25 heavy (non-hydrogen) atoms. The summed E-state index contributed by atoms with van der Waals surface area (Å²) < 4.78 is 16.1. The van der Waals surface area contributed by atoms with Crippen LogP contribution in [-0.2, 0) is 6.42 Å². The van der Waals surface area contributed by atoms with Crippen molar-refractivity contribution in [2.75, 3.05) is 12.1 Å². The quantitative estimate of drug-likeness (QED) is 0.771. The van der Waals surface area contributed by atoms with Crippen LogP contribution < -0.4 is 14.8 Å². The minimum absolute atomic E-state index is 0.0284. The van der Waals surface area contributed by atoms with Gasteiger partial charge >= 0.3 is 6.01 Å². The van der Waals surface area contributed by atoms with Gasteiger partial charge in [-0.2, -0.15) is 0 Å². The summed E-state index contributed by atoms with van der Waals surface area (Å²) in [4.78, 5) is 12.1. The van der Waals surface area contributed by atoms with E-state index in [1.165, 1.54) is 0 Å². The van der Waals surface area contributed by atoms with Gasteiger partial charge in [0.25, 0.3) is 5.91 Å². The van der Waals surface area contributed by atoms with Crippen molar-refractivity contribution < 1.29 is 18.7 Å². The number of hydrogen-bond donors (Lipinski definition) is 1. The van der Waals surface area contributed by atoms with Crippen LogP contribution in [0.4, 0.5) is 6.01 Å². The molecule has 0 saturated heterocycles. The minimum Gasteiger partial charge on any atom is -0.454 e. The lowest BCUT2D eigenvalue weighted by Gasteiger charge is -2.01. The number of carbonyl (C=O) groups excluding carboxylic acids is 1. The molecule has 1 aliphatic rings. The number of carbonyl (C=O) groups is 1. The van der Waals surface area contributed by atoms with Crippen LogP contribution in [0.2, 0.25) is 5.02 Å². The van der Waals surface area contributed by atoms with Gasteiger partial charge in [0.1, 0.15) is 0 Å². The summed E-state index contributed by atoms with van der Waals surface area (Å²) in [6.07, 6.45) is 0.413. The third-order valence-electron chi connectivity index (χ3n) is 3.57. The fourth-order valence-corrected chi connectivity index (χ4v) is 2.59. The Hall–Kier alpha value is -3.06. The molecule has 0 unspecified atom stereocenters. The van der Waals surface area contributed by atoms with Gasteiger partial charge in [-0.25, -0.2) is 0 Å². The number of nitrogens with one attached hydrogen (secondary N) is 1. The zero-order chi connectivity index (χ0) is 17.2. The van der Waals surface area contributed by atoms with Gasteiger partial charge < -0.3 is 13.9 Å². The largest absolute Gasteiger partial charge is 0.454 e. The van der Waals surface area contributed by atoms with E-state index in [0.29, 0.717) is 34.4 Å². The first-order chi connectivity index (χ1) is 12.2. The van der Waals surface area contributed by atoms with E-state index in [9.17, 15) is 4.79 Å². The molecule has 126 valence electrons. The summed E-state index contributed by atoms with van der Waals surface area (Å²) in [7, 11) is 0. The molecular formula is C17H12ClN3O4. The molecule has 0 fully saturated rings. The van der Waals surface area contributed by atoms with E-state index in [4.69, 9.17) is 25.5 Å². The first kappa shape index (κ1) is 15.5. The van der Waals surface area contributed by atoms with Crippen LogP contribution in [0.15, 0.2) is 46.9 Å². The van der Waals surface area contributed by atoms with E-state index in [1.807, 2.05) is 18.2 Å². The standard InChI is InChI=1S/C17H12ClN3O4/c18-12-3-1-2-11(8-12)16(22)19-17-21-20-15(25-17)7-10-4-5-13-14(6-10)24-9-23-13/h1-6,8H,7,9H2,(H,19,21,22). The van der Waals surface area contributed by atoms with Crippen LogP contribution in [0.5, 0.6) is 11.5 Å². The molecule has 1 amide bonds. The molecule has 8 heteroatoms. The Morgan fingerprint density at radius 1 is 1.12 bits per heavy atom. The van der Waals surface area contributed by atoms with Gasteiger partial charge in [0.15, 0.2) is 11.5 Å². The van der Waals surface area contributed by atoms with Crippen molar-refractivity contribution in [2.24, 2.45) is 0 Å². The zero-order valence-corrected chi connectivity index (χ0v) is 13.6. The molecule has 0 saturated carbocycles. The Morgan fingerprint density at radius 2 is 2.00 bits per heavy atom. The molecule has 1 N–H and O–H groups in total. The molecule has 7 nitrogen and oxygen atoms in total. The number of halogens is 1. The first-order valence-electron chi connectivity index (χ1n) is 7.45. The number of fused-ring (bicyclic) bond motifs is 1. The Morgan fingerprint density at radius 3 is 2.88 bits per heavy atom. The highest BCUT2D eigenvalue weighted by atomic mass is 35.5. The molecule has 0 bridgehead atoms. The Balaban J connectivity index is 1.44. The topological polar surface area (TPSA) is 86.5 Å². The lowest BCUT2D eigenvalue weighted by Crippen LogP contribution is -2.11. The van der Waals surface area contributed by atoms with Crippen molar-refractivity contribution in [2.45, 2.75) is 6.42 Å². The molecule has 3 aromatic rings. The SMILES string of the molecule is O=C(Nc1nnc(Cc2ccc3c(c2)OCO3)o1)c1cccc(Cl)c1. The van der Waals surface area contributed by atoms with Crippen LogP contribution in [0.3, 0.4) is 0 Å². The van der Waals surface area contributed by atoms with Gasteiger partial charge in [-0.05, 0) is 35.9 Å². The number of rotatable bonds is 4. The van der Waals surface area contributed by atoms with Crippen LogP contribution in [0.25, 0.3) is 0 Å². The summed E-state index contributed by atoms with van der Waals surface area (Å²) in [5, 5.41) is 10.8. The number of anilines is 1. The second kappa shape index (κ2) is 6.45. The van der Waals surface area contributed by atoms with E-state index in [1.54, 1.807) is 24.3 Å². The van der Waals surface area contributed by atoms with Crippen molar-refractivity contribution in [1.29, 1.82) is 0 Å². The van der Waals surface area contributed by atoms with Crippen LogP contribution in [0.1, 0.15) is 21.8 Å². The third kappa shape index (κ3) is 3.41. The predicted octanol–water partition coefficient (Wildman–Crippen LogP) is 3.29. The smallest absolute Gasteiger partial charge is 0.322 e. The third-order valence-corrected chi connectivity index (χ3v) is 3.80. The van der Waals surface area contributed by atoms with Crippen LogP contribution in [-0.4, -0.2) is 22.9 Å². The van der Waals surface area contributed by atoms with E-state index in [-0.39, 0.29) is 18.7 Å². The second-order valence-corrected chi connectivity index (χ2v) is 5.77. The normalized spacial score (nSPS) is 12.2. The molecule has 2 aromatic carbocycles. The summed E-state index contributed by atoms with van der Waals surface area (Å²) >= 11 is 5.88. The highest BCUT2D eigenvalue weighted by molar-refractivity contribution is 6.31. The summed E-state index contributed by atoms with van der Waals surface area (Å²) in [6, 6.07) is 12.2. The number of nitrogens with zero attached hydrogens (tertiary/aromatic N) is 2. The van der Waals surface area contributed by atoms with Crippen molar-refractivity contribution in [3.05, 3.63) is 64.5 Å². The lowest BCUT2D eigenvalue weighted by atomic mass is 10.1. The first-order valence-corrected chi connectivity index (χ1v) is 7.83. The maximum atomic E-state index is 12.1. The van der Waals surface area contributed by atoms with Gasteiger partial charge in [0, 0.05) is 10.6 Å². The molecule has 0 atom stereocenters. The fourth-order valence-electron chi connectivity index (χ4n) is 2.40. The number of ether oxygens (including phenoxy) is 2. The molecule has 2 heterocycles. The van der Waals surface area contributed by atoms with Crippen LogP contribution >= 0.6 is 11.6 Å². The van der Waals surface area contributed by atoms with Gasteiger partial charge in [-0.1, -0.05) is 28.8 Å². The van der Waals surface area contributed by atoms with E-state index in [2.05, 4.69) is 15.5 Å². The number of hydrogen-bond acceptors (Lipinski definition) is 6. The summed E-state index contributed by atoms with van der Waals surface area (Å²) in [5.74, 6) is 1.40. The Bertz CT molecular complexity index is 941. The highest BCUT2D eigenvalue weighted by Gasteiger charge is 2.16. The number of aromatic nitrogens is 2. The second-order valence-electron chi connectivity index (χ2n) is 5.33. The number of amides is 1. The minimum atomic E-state index is -0.374. The molecule has 0 spiro atoms. The molecular weight excluding hydrogens is 346 g/mol. The van der Waals surface area contributed by atoms with E-state index >= 15 is 0 Å². The maximum absolute atomic E-state index is 12.1. The van der Waals surface area contributed by atoms with Crippen LogP contribution in [0, 0.1) is 0 Å². The van der Waals surface area contributed by atoms with Crippen molar-refractivity contribution >= 4 is 23.5 Å². The Kier molecular flexibility index (Phi) is 3.99. The van der Waals surface area contributed by atoms with Gasteiger partial charge in [-0.15, -0.1) is 5.10 Å². The van der Waals surface area contributed by atoms with E-state index < -0.39 is 0 Å². The molecule has 1 aromatic heterocycles. The average molecular weight is 358 g/mol. The lowest BCUT2D eigenvalue weighted by molar-refractivity contribution is 0.102. The Labute approximate surface area is 147 Å². The van der Waals surface area contributed by atoms with Crippen molar-refractivity contribution in [1.82, 2.24) is 10.2 Å². The van der Waals surface area contributed by atoms with E-state index in [0.717, 1.165) is 5.56 Å². The molecule has 0 aliphatic carbocycles. The summed E-state index contributed by atoms with van der Waals surface area (Å²) in [5.41, 5.74) is 1.34. The zero-order valence-electron chi connectivity index (χ0n) is 12.9. The molecule has 0 radical (unpaired) electrons. The predicted molar refractivity (Wildman–Crippen MR) is 89.1 cm³/mol. The number of benzene rings is 2.